The van der Waals surface area contributed by atoms with Crippen molar-refractivity contribution in [3.05, 3.63) is 209 Å². The van der Waals surface area contributed by atoms with Gasteiger partial charge in [-0.05, 0) is 136 Å². The van der Waals surface area contributed by atoms with Crippen molar-refractivity contribution in [1.29, 1.82) is 0 Å². The Morgan fingerprint density at radius 3 is 2.00 bits per heavy atom. The van der Waals surface area contributed by atoms with Gasteiger partial charge in [-0.25, -0.2) is 9.97 Å². The van der Waals surface area contributed by atoms with E-state index in [2.05, 4.69) is 192 Å². The van der Waals surface area contributed by atoms with Gasteiger partial charge in [0, 0.05) is 11.1 Å². The molecule has 2 heteroatoms. The summed E-state index contributed by atoms with van der Waals surface area (Å²) in [6, 6.07) is 51.8. The third-order valence-corrected chi connectivity index (χ3v) is 11.0. The second kappa shape index (κ2) is 18.2. The zero-order valence-corrected chi connectivity index (χ0v) is 35.3. The number of hydrogen-bond donors (Lipinski definition) is 0. The highest BCUT2D eigenvalue weighted by atomic mass is 14.9. The maximum absolute atomic E-state index is 4.85. The first-order chi connectivity index (χ1) is 29.4. The second-order valence-corrected chi connectivity index (χ2v) is 15.6. The van der Waals surface area contributed by atoms with Crippen LogP contribution in [-0.4, -0.2) is 9.97 Å². The van der Waals surface area contributed by atoms with Crippen molar-refractivity contribution in [2.24, 2.45) is 0 Å². The zero-order valence-electron chi connectivity index (χ0n) is 35.3. The van der Waals surface area contributed by atoms with Crippen molar-refractivity contribution in [3.63, 3.8) is 0 Å². The fraction of sp³-hybridized carbons (Fsp3) is 0.138. The van der Waals surface area contributed by atoms with Gasteiger partial charge in [0.15, 0.2) is 5.82 Å². The number of rotatable bonds is 5. The standard InChI is InChI=1S/C32H22.C23H20N2.C3H8/c1-21-9-3-5-11-26(21)32-22(2)15-16-24-19-25(17-18-28(24)32)31-20-23-10-4-6-12-27(23)29-13-7-8-14-30(29)31;1-17-12-14-20(15-13-17)23-24-21(18-8-4-2-5-9-18)16-22(25-23)19-10-6-3-7-11-19;1-3-2/h3,5,7-20H,1-2H3;2,4-6,8-16H,3,7H2,1H3;3H2,1-2H3. The minimum Gasteiger partial charge on any atom is -0.228 e. The molecule has 0 saturated carbocycles. The van der Waals surface area contributed by atoms with Gasteiger partial charge in [0.2, 0.25) is 0 Å². The predicted molar refractivity (Wildman–Crippen MR) is 258 cm³/mol. The number of hydrogen-bond acceptors (Lipinski definition) is 2. The Hall–Kier alpha value is -7.08. The van der Waals surface area contributed by atoms with Gasteiger partial charge in [0.25, 0.3) is 0 Å². The molecule has 0 aliphatic heterocycles. The minimum absolute atomic E-state index is 0.774. The molecule has 1 heterocycles. The van der Waals surface area contributed by atoms with E-state index < -0.39 is 0 Å². The highest BCUT2D eigenvalue weighted by molar-refractivity contribution is 6.06. The summed E-state index contributed by atoms with van der Waals surface area (Å²) in [7, 11) is 0. The molecule has 0 spiro atoms. The van der Waals surface area contributed by atoms with E-state index >= 15 is 0 Å². The Bertz CT molecular complexity index is 3000. The van der Waals surface area contributed by atoms with Crippen LogP contribution in [-0.2, 0) is 0 Å². The van der Waals surface area contributed by atoms with E-state index in [0.29, 0.717) is 0 Å². The summed E-state index contributed by atoms with van der Waals surface area (Å²) >= 11 is 0. The summed E-state index contributed by atoms with van der Waals surface area (Å²) in [6.45, 7) is 10.7. The molecule has 2 aliphatic rings. The molecule has 10 rings (SSSR count). The minimum atomic E-state index is 0.774. The normalized spacial score (nSPS) is 12.3. The molecule has 0 atom stereocenters. The monoisotopic (exact) mass is 774 g/mol. The Kier molecular flexibility index (Phi) is 12.1. The van der Waals surface area contributed by atoms with Crippen molar-refractivity contribution < 1.29 is 0 Å². The van der Waals surface area contributed by atoms with Gasteiger partial charge in [-0.15, -0.1) is 0 Å². The second-order valence-electron chi connectivity index (χ2n) is 15.6. The van der Waals surface area contributed by atoms with Crippen LogP contribution in [0.4, 0.5) is 0 Å². The molecule has 2 aliphatic carbocycles. The van der Waals surface area contributed by atoms with E-state index in [1.807, 2.05) is 30.4 Å². The van der Waals surface area contributed by atoms with E-state index in [-0.39, 0.29) is 0 Å². The highest BCUT2D eigenvalue weighted by Crippen LogP contribution is 2.39. The maximum atomic E-state index is 4.85. The molecule has 0 fully saturated rings. The molecule has 0 unspecified atom stereocenters. The summed E-state index contributed by atoms with van der Waals surface area (Å²) in [5, 5.41) is 5.10. The van der Waals surface area contributed by atoms with Gasteiger partial charge in [0.05, 0.1) is 11.4 Å². The molecule has 0 bridgehead atoms. The fourth-order valence-electron chi connectivity index (χ4n) is 7.98. The SMILES string of the molecule is CCC.Cc1ccc(-c2nc(C3=CCCC=C3)cc(-c3ccccc3)n2)cc1.Cc1ccccc1-c1c(C)ccc2cc(-c3cc4c(c5ccccc35)C=C=C=C4)ccc12. The molecule has 0 radical (unpaired) electrons. The van der Waals surface area contributed by atoms with E-state index in [1.54, 1.807) is 0 Å². The van der Waals surface area contributed by atoms with Crippen LogP contribution in [0, 0.1) is 20.8 Å². The first kappa shape index (κ1) is 39.7. The van der Waals surface area contributed by atoms with Crippen LogP contribution in [0.25, 0.3) is 84.2 Å². The molecule has 0 amide bonds. The largest absolute Gasteiger partial charge is 0.228 e. The van der Waals surface area contributed by atoms with Gasteiger partial charge >= 0.3 is 0 Å². The molecule has 2 nitrogen and oxygen atoms in total. The summed E-state index contributed by atoms with van der Waals surface area (Å²) in [6.07, 6.45) is 14.1. The molecular formula is C58H50N2. The molecular weight excluding hydrogens is 725 g/mol. The van der Waals surface area contributed by atoms with Gasteiger partial charge in [-0.2, -0.15) is 0 Å². The predicted octanol–water partition coefficient (Wildman–Crippen LogP) is 16.0. The molecule has 1 aromatic heterocycles. The van der Waals surface area contributed by atoms with Crippen molar-refractivity contribution in [1.82, 2.24) is 9.97 Å². The van der Waals surface area contributed by atoms with E-state index in [9.17, 15) is 0 Å². The number of fused-ring (bicyclic) bond motifs is 4. The summed E-state index contributed by atoms with van der Waals surface area (Å²) in [5.41, 5.74) is 22.9. The lowest BCUT2D eigenvalue weighted by molar-refractivity contribution is 1.03. The topological polar surface area (TPSA) is 25.8 Å². The number of aromatic nitrogens is 2. The van der Waals surface area contributed by atoms with Gasteiger partial charge in [-0.3, -0.25) is 0 Å². The summed E-state index contributed by atoms with van der Waals surface area (Å²) in [4.78, 5) is 9.69. The lowest BCUT2D eigenvalue weighted by atomic mass is 9.87. The Balaban J connectivity index is 0.000000161. The lowest BCUT2D eigenvalue weighted by Crippen LogP contribution is -1.98. The summed E-state index contributed by atoms with van der Waals surface area (Å²) in [5.74, 6) is 0.774. The fourth-order valence-corrected chi connectivity index (χ4v) is 7.98. The number of allylic oxidation sites excluding steroid dienone is 4. The molecule has 0 N–H and O–H groups in total. The first-order valence-electron chi connectivity index (χ1n) is 21.1. The molecule has 292 valence electrons. The Morgan fingerprint density at radius 2 is 1.23 bits per heavy atom. The highest BCUT2D eigenvalue weighted by Gasteiger charge is 2.15. The smallest absolute Gasteiger partial charge is 0.160 e. The van der Waals surface area contributed by atoms with Crippen molar-refractivity contribution in [3.8, 4) is 44.9 Å². The Labute approximate surface area is 355 Å². The van der Waals surface area contributed by atoms with Crippen LogP contribution >= 0.6 is 0 Å². The van der Waals surface area contributed by atoms with Gasteiger partial charge in [-0.1, -0.05) is 183 Å². The quantitative estimate of drug-likeness (QED) is 0.163. The maximum Gasteiger partial charge on any atom is 0.160 e. The van der Waals surface area contributed by atoms with Crippen LogP contribution in [0.5, 0.6) is 0 Å². The zero-order chi connectivity index (χ0) is 41.4. The van der Waals surface area contributed by atoms with Crippen LogP contribution in [0.2, 0.25) is 0 Å². The molecule has 0 saturated heterocycles. The van der Waals surface area contributed by atoms with Gasteiger partial charge < -0.3 is 0 Å². The lowest BCUT2D eigenvalue weighted by Gasteiger charge is -2.16. The first-order valence-corrected chi connectivity index (χ1v) is 21.1. The van der Waals surface area contributed by atoms with Crippen LogP contribution in [0.3, 0.4) is 0 Å². The Morgan fingerprint density at radius 1 is 0.533 bits per heavy atom. The molecule has 8 aromatic rings. The van der Waals surface area contributed by atoms with Crippen LogP contribution in [0.1, 0.15) is 66.6 Å². The van der Waals surface area contributed by atoms with Crippen LogP contribution in [0.15, 0.2) is 175 Å². The molecule has 60 heavy (non-hydrogen) atoms. The molecule has 7 aromatic carbocycles. The van der Waals surface area contributed by atoms with Gasteiger partial charge in [0.1, 0.15) is 0 Å². The summed E-state index contributed by atoms with van der Waals surface area (Å²) < 4.78 is 0. The van der Waals surface area contributed by atoms with Crippen molar-refractivity contribution in [2.75, 3.05) is 0 Å². The van der Waals surface area contributed by atoms with Crippen LogP contribution < -0.4 is 0 Å². The number of benzene rings is 7. The average molecular weight is 775 g/mol. The van der Waals surface area contributed by atoms with E-state index in [1.165, 1.54) is 83.6 Å². The third kappa shape index (κ3) is 8.54. The third-order valence-electron chi connectivity index (χ3n) is 11.0. The number of aryl methyl sites for hydroxylation is 3. The van der Waals surface area contributed by atoms with Crippen molar-refractivity contribution in [2.45, 2.75) is 53.9 Å². The average Bonchev–Trinajstić information content (AvgIpc) is 3.30. The van der Waals surface area contributed by atoms with E-state index in [4.69, 9.17) is 9.97 Å². The number of nitrogens with zero attached hydrogens (tertiary/aromatic N) is 2. The van der Waals surface area contributed by atoms with E-state index in [0.717, 1.165) is 41.2 Å². The van der Waals surface area contributed by atoms with Crippen molar-refractivity contribution >= 4 is 39.3 Å².